The smallest absolute Gasteiger partial charge is 0.343 e. The third-order valence-corrected chi connectivity index (χ3v) is 5.27. The van der Waals surface area contributed by atoms with E-state index in [9.17, 15) is 23.6 Å². The Labute approximate surface area is 187 Å². The molecule has 1 aliphatic rings. The largest absolute Gasteiger partial charge is 0.482 e. The molecule has 0 aromatic heterocycles. The van der Waals surface area contributed by atoms with Gasteiger partial charge in [0, 0.05) is 24.2 Å². The molecule has 0 spiro atoms. The molecule has 1 N–H and O–H groups in total. The van der Waals surface area contributed by atoms with Crippen molar-refractivity contribution in [2.24, 2.45) is 0 Å². The topological polar surface area (TPSA) is 102 Å². The monoisotopic (exact) mass is 458 g/mol. The van der Waals surface area contributed by atoms with Crippen LogP contribution < -0.4 is 10.1 Å². The fourth-order valence-electron chi connectivity index (χ4n) is 2.74. The van der Waals surface area contributed by atoms with E-state index in [-0.39, 0.29) is 35.7 Å². The molecule has 0 unspecified atom stereocenters. The Hall–Kier alpha value is -3.66. The van der Waals surface area contributed by atoms with Gasteiger partial charge in [0.2, 0.25) is 0 Å². The first-order chi connectivity index (χ1) is 15.4. The van der Waals surface area contributed by atoms with E-state index in [1.54, 1.807) is 24.3 Å². The number of ether oxygens (including phenoxy) is 2. The van der Waals surface area contributed by atoms with Gasteiger partial charge in [0.15, 0.2) is 6.61 Å². The Bertz CT molecular complexity index is 1090. The average Bonchev–Trinajstić information content (AvgIpc) is 3.06. The Balaban J connectivity index is 1.55. The quantitative estimate of drug-likeness (QED) is 0.479. The minimum Gasteiger partial charge on any atom is -0.482 e. The van der Waals surface area contributed by atoms with Crippen LogP contribution in [0.2, 0.25) is 0 Å². The van der Waals surface area contributed by atoms with Gasteiger partial charge >= 0.3 is 5.97 Å². The number of amides is 3. The van der Waals surface area contributed by atoms with Crippen LogP contribution >= 0.6 is 11.8 Å². The summed E-state index contributed by atoms with van der Waals surface area (Å²) in [5.74, 6) is -1.73. The number of thioether (sulfide) groups is 1. The maximum atomic E-state index is 13.8. The van der Waals surface area contributed by atoms with E-state index in [1.165, 1.54) is 37.5 Å². The molecular formula is C22H19FN2O6S. The summed E-state index contributed by atoms with van der Waals surface area (Å²) >= 11 is 0.717. The molecule has 0 bridgehead atoms. The zero-order valence-electron chi connectivity index (χ0n) is 17.0. The molecule has 3 rings (SSSR count). The lowest BCUT2D eigenvalue weighted by Crippen LogP contribution is -2.37. The van der Waals surface area contributed by atoms with Gasteiger partial charge in [-0.25, -0.2) is 9.18 Å². The van der Waals surface area contributed by atoms with E-state index in [0.29, 0.717) is 17.5 Å². The minimum atomic E-state index is -0.555. The summed E-state index contributed by atoms with van der Waals surface area (Å²) in [6, 6.07) is 12.1. The van der Waals surface area contributed by atoms with Crippen molar-refractivity contribution in [1.29, 1.82) is 0 Å². The van der Waals surface area contributed by atoms with Crippen molar-refractivity contribution in [3.63, 3.8) is 0 Å². The van der Waals surface area contributed by atoms with Crippen LogP contribution in [0.1, 0.15) is 15.9 Å². The van der Waals surface area contributed by atoms with Crippen molar-refractivity contribution >= 4 is 40.9 Å². The van der Waals surface area contributed by atoms with Gasteiger partial charge in [-0.1, -0.05) is 24.3 Å². The standard InChI is InChI=1S/C22H19FN2O6S/c1-30-19(26)13-31-16-7-4-6-15(11-16)20(27)24-9-10-25-21(28)18(32-22(25)29)12-14-5-2-3-8-17(14)23/h2-8,11-12H,9-10,13H2,1H3,(H,24,27)/b18-12-. The van der Waals surface area contributed by atoms with Crippen LogP contribution in [-0.4, -0.2) is 54.7 Å². The zero-order chi connectivity index (χ0) is 23.1. The van der Waals surface area contributed by atoms with Crippen LogP contribution in [0.25, 0.3) is 6.08 Å². The van der Waals surface area contributed by atoms with Crippen LogP contribution in [0.15, 0.2) is 53.4 Å². The number of benzene rings is 2. The molecule has 0 atom stereocenters. The second-order valence-corrected chi connectivity index (χ2v) is 7.50. The van der Waals surface area contributed by atoms with Gasteiger partial charge in [-0.3, -0.25) is 19.3 Å². The Morgan fingerprint density at radius 3 is 2.69 bits per heavy atom. The van der Waals surface area contributed by atoms with Crippen molar-refractivity contribution < 1.29 is 33.0 Å². The van der Waals surface area contributed by atoms with E-state index in [2.05, 4.69) is 10.1 Å². The fraction of sp³-hybridized carbons (Fsp3) is 0.182. The molecule has 10 heteroatoms. The van der Waals surface area contributed by atoms with Gasteiger partial charge in [-0.15, -0.1) is 0 Å². The van der Waals surface area contributed by atoms with Crippen LogP contribution in [0.5, 0.6) is 5.75 Å². The molecule has 166 valence electrons. The number of methoxy groups -OCH3 is 1. The SMILES string of the molecule is COC(=O)COc1cccc(C(=O)NCCN2C(=O)S/C(=C\c3ccccc3F)C2=O)c1. The molecule has 0 saturated carbocycles. The highest BCUT2D eigenvalue weighted by Gasteiger charge is 2.34. The second-order valence-electron chi connectivity index (χ2n) is 6.50. The summed E-state index contributed by atoms with van der Waals surface area (Å²) in [6.07, 6.45) is 1.33. The van der Waals surface area contributed by atoms with Crippen LogP contribution in [-0.2, 0) is 14.3 Å². The molecular weight excluding hydrogens is 439 g/mol. The number of imide groups is 1. The Morgan fingerprint density at radius 1 is 1.16 bits per heavy atom. The summed E-state index contributed by atoms with van der Waals surface area (Å²) in [4.78, 5) is 49.3. The highest BCUT2D eigenvalue weighted by molar-refractivity contribution is 8.18. The van der Waals surface area contributed by atoms with E-state index >= 15 is 0 Å². The van der Waals surface area contributed by atoms with Crippen molar-refractivity contribution in [3.8, 4) is 5.75 Å². The number of esters is 1. The molecule has 0 radical (unpaired) electrons. The lowest BCUT2D eigenvalue weighted by atomic mass is 10.2. The van der Waals surface area contributed by atoms with Crippen LogP contribution in [0, 0.1) is 5.82 Å². The summed E-state index contributed by atoms with van der Waals surface area (Å²) < 4.78 is 23.5. The first-order valence-electron chi connectivity index (χ1n) is 9.47. The highest BCUT2D eigenvalue weighted by Crippen LogP contribution is 2.32. The number of carbonyl (C=O) groups is 4. The van der Waals surface area contributed by atoms with E-state index in [1.807, 2.05) is 0 Å². The lowest BCUT2D eigenvalue weighted by molar-refractivity contribution is -0.142. The molecule has 1 heterocycles. The van der Waals surface area contributed by atoms with Crippen molar-refractivity contribution in [1.82, 2.24) is 10.2 Å². The molecule has 1 fully saturated rings. The number of hydrogen-bond acceptors (Lipinski definition) is 7. The summed E-state index contributed by atoms with van der Waals surface area (Å²) in [5.41, 5.74) is 0.488. The predicted molar refractivity (Wildman–Crippen MR) is 115 cm³/mol. The third-order valence-electron chi connectivity index (χ3n) is 4.37. The zero-order valence-corrected chi connectivity index (χ0v) is 17.8. The number of carbonyl (C=O) groups excluding carboxylic acids is 4. The summed E-state index contributed by atoms with van der Waals surface area (Å²) in [7, 11) is 1.24. The van der Waals surface area contributed by atoms with Gasteiger partial charge in [0.25, 0.3) is 17.1 Å². The van der Waals surface area contributed by atoms with Gasteiger partial charge in [0.1, 0.15) is 11.6 Å². The number of rotatable bonds is 8. The summed E-state index contributed by atoms with van der Waals surface area (Å²) in [6.45, 7) is -0.304. The van der Waals surface area contributed by atoms with E-state index in [0.717, 1.165) is 4.90 Å². The summed E-state index contributed by atoms with van der Waals surface area (Å²) in [5, 5.41) is 2.13. The molecule has 2 aromatic rings. The fourth-order valence-corrected chi connectivity index (χ4v) is 3.59. The van der Waals surface area contributed by atoms with Gasteiger partial charge in [-0.2, -0.15) is 0 Å². The molecule has 8 nitrogen and oxygen atoms in total. The maximum Gasteiger partial charge on any atom is 0.343 e. The normalized spacial score (nSPS) is 14.6. The highest BCUT2D eigenvalue weighted by atomic mass is 32.2. The maximum absolute atomic E-state index is 13.8. The molecule has 32 heavy (non-hydrogen) atoms. The Morgan fingerprint density at radius 2 is 1.94 bits per heavy atom. The molecule has 1 saturated heterocycles. The molecule has 3 amide bonds. The minimum absolute atomic E-state index is 0.0249. The van der Waals surface area contributed by atoms with Crippen LogP contribution in [0.3, 0.4) is 0 Å². The first-order valence-corrected chi connectivity index (χ1v) is 10.3. The number of nitrogens with one attached hydrogen (secondary N) is 1. The lowest BCUT2D eigenvalue weighted by Gasteiger charge is -2.13. The van der Waals surface area contributed by atoms with Crippen molar-refractivity contribution in [2.75, 3.05) is 26.8 Å². The van der Waals surface area contributed by atoms with Gasteiger partial charge in [0.05, 0.1) is 12.0 Å². The Kier molecular flexibility index (Phi) is 7.61. The van der Waals surface area contributed by atoms with Crippen molar-refractivity contribution in [3.05, 3.63) is 70.4 Å². The van der Waals surface area contributed by atoms with E-state index < -0.39 is 28.8 Å². The molecule has 2 aromatic carbocycles. The second kappa shape index (κ2) is 10.6. The third kappa shape index (κ3) is 5.73. The van der Waals surface area contributed by atoms with Gasteiger partial charge in [-0.05, 0) is 42.1 Å². The van der Waals surface area contributed by atoms with E-state index in [4.69, 9.17) is 4.74 Å². The van der Waals surface area contributed by atoms with Gasteiger partial charge < -0.3 is 14.8 Å². The molecule has 1 aliphatic heterocycles. The average molecular weight is 458 g/mol. The number of nitrogens with zero attached hydrogens (tertiary/aromatic N) is 1. The molecule has 0 aliphatic carbocycles. The predicted octanol–water partition coefficient (Wildman–Crippen LogP) is 2.84. The number of halogens is 1. The first kappa shape index (κ1) is 23.0. The van der Waals surface area contributed by atoms with Crippen LogP contribution in [0.4, 0.5) is 9.18 Å². The van der Waals surface area contributed by atoms with Crippen molar-refractivity contribution in [2.45, 2.75) is 0 Å². The number of hydrogen-bond donors (Lipinski definition) is 1.